The molecule has 10 heteroatoms. The van der Waals surface area contributed by atoms with Crippen molar-refractivity contribution in [3.63, 3.8) is 0 Å². The Hall–Kier alpha value is -2.04. The third kappa shape index (κ3) is 4.50. The average Bonchev–Trinajstić information content (AvgIpc) is 3.33. The highest BCUT2D eigenvalue weighted by molar-refractivity contribution is 7.89. The largest absolute Gasteiger partial charge is 0.494 e. The van der Waals surface area contributed by atoms with Crippen molar-refractivity contribution in [2.45, 2.75) is 50.5 Å². The Labute approximate surface area is 169 Å². The number of benzene rings is 1. The maximum Gasteiger partial charge on any atom is 0.244 e. The van der Waals surface area contributed by atoms with Crippen LogP contribution < -0.4 is 10.1 Å². The summed E-state index contributed by atoms with van der Waals surface area (Å²) in [7, 11) is -3.78. The Kier molecular flexibility index (Phi) is 6.63. The molecule has 1 aliphatic heterocycles. The van der Waals surface area contributed by atoms with Gasteiger partial charge in [-0.05, 0) is 50.5 Å². The van der Waals surface area contributed by atoms with E-state index in [2.05, 4.69) is 15.5 Å². The van der Waals surface area contributed by atoms with Crippen LogP contribution in [-0.2, 0) is 21.2 Å². The van der Waals surface area contributed by atoms with Crippen molar-refractivity contribution in [2.75, 3.05) is 18.5 Å². The molecule has 1 amide bonds. The van der Waals surface area contributed by atoms with Crippen LogP contribution in [0.4, 0.5) is 5.13 Å². The number of amides is 1. The van der Waals surface area contributed by atoms with E-state index >= 15 is 0 Å². The van der Waals surface area contributed by atoms with Crippen molar-refractivity contribution in [3.8, 4) is 5.75 Å². The maximum absolute atomic E-state index is 13.0. The summed E-state index contributed by atoms with van der Waals surface area (Å²) in [5.41, 5.74) is 0. The molecule has 0 saturated carbocycles. The molecular formula is C18H24N4O4S2. The number of aromatic nitrogens is 2. The van der Waals surface area contributed by atoms with E-state index in [-0.39, 0.29) is 10.8 Å². The summed E-state index contributed by atoms with van der Waals surface area (Å²) < 4.78 is 32.7. The summed E-state index contributed by atoms with van der Waals surface area (Å²) in [5.74, 6) is 0.238. The number of sulfonamides is 1. The fourth-order valence-corrected chi connectivity index (χ4v) is 5.61. The molecule has 1 N–H and O–H groups in total. The molecule has 28 heavy (non-hydrogen) atoms. The van der Waals surface area contributed by atoms with Crippen LogP contribution in [0.1, 0.15) is 38.1 Å². The van der Waals surface area contributed by atoms with Crippen LogP contribution in [-0.4, -0.2) is 48.0 Å². The first-order chi connectivity index (χ1) is 13.5. The molecule has 1 atom stereocenters. The number of aryl methyl sites for hydroxylation is 1. The summed E-state index contributed by atoms with van der Waals surface area (Å²) in [5, 5.41) is 12.0. The van der Waals surface area contributed by atoms with Gasteiger partial charge < -0.3 is 4.74 Å². The quantitative estimate of drug-likeness (QED) is 0.699. The second kappa shape index (κ2) is 8.97. The molecule has 1 saturated heterocycles. The Bertz CT molecular complexity index is 912. The van der Waals surface area contributed by atoms with E-state index in [0.717, 1.165) is 17.8 Å². The fraction of sp³-hybridized carbons (Fsp3) is 0.500. The smallest absolute Gasteiger partial charge is 0.244 e. The maximum atomic E-state index is 13.0. The summed E-state index contributed by atoms with van der Waals surface area (Å²) in [6.45, 7) is 4.72. The van der Waals surface area contributed by atoms with Gasteiger partial charge in [-0.2, -0.15) is 4.31 Å². The van der Waals surface area contributed by atoms with Gasteiger partial charge in [0.1, 0.15) is 16.8 Å². The second-order valence-corrected chi connectivity index (χ2v) is 9.37. The van der Waals surface area contributed by atoms with Gasteiger partial charge in [0, 0.05) is 13.0 Å². The molecule has 1 fully saturated rings. The Morgan fingerprint density at radius 3 is 2.71 bits per heavy atom. The monoisotopic (exact) mass is 424 g/mol. The van der Waals surface area contributed by atoms with Gasteiger partial charge in [-0.3, -0.25) is 10.1 Å². The lowest BCUT2D eigenvalue weighted by Crippen LogP contribution is -2.43. The van der Waals surface area contributed by atoms with Gasteiger partial charge in [0.25, 0.3) is 0 Å². The van der Waals surface area contributed by atoms with Crippen molar-refractivity contribution in [1.29, 1.82) is 0 Å². The standard InChI is InChI=1S/C18H24N4O4S2/c1-3-6-16-20-21-18(27-16)19-17(23)15-7-5-12-22(15)28(24,25)14-10-8-13(9-11-14)26-4-2/h8-11,15H,3-7,12H2,1-2H3,(H,19,21,23)/t15-/m1/s1. The second-order valence-electron chi connectivity index (χ2n) is 6.42. The van der Waals surface area contributed by atoms with E-state index in [1.54, 1.807) is 12.1 Å². The third-order valence-corrected chi connectivity index (χ3v) is 7.23. The zero-order chi connectivity index (χ0) is 20.1. The average molecular weight is 425 g/mol. The summed E-state index contributed by atoms with van der Waals surface area (Å²) in [6.07, 6.45) is 2.85. The van der Waals surface area contributed by atoms with Gasteiger partial charge in [0.15, 0.2) is 0 Å². The molecular weight excluding hydrogens is 400 g/mol. The van der Waals surface area contributed by atoms with Crippen molar-refractivity contribution >= 4 is 32.4 Å². The molecule has 0 aliphatic carbocycles. The molecule has 152 valence electrons. The molecule has 0 unspecified atom stereocenters. The molecule has 0 bridgehead atoms. The van der Waals surface area contributed by atoms with Crippen molar-refractivity contribution < 1.29 is 17.9 Å². The minimum Gasteiger partial charge on any atom is -0.494 e. The lowest BCUT2D eigenvalue weighted by Gasteiger charge is -2.23. The lowest BCUT2D eigenvalue weighted by atomic mass is 10.2. The van der Waals surface area contributed by atoms with Gasteiger partial charge in [0.05, 0.1) is 11.5 Å². The molecule has 0 radical (unpaired) electrons. The zero-order valence-corrected chi connectivity index (χ0v) is 17.6. The topological polar surface area (TPSA) is 101 Å². The number of anilines is 1. The predicted octanol–water partition coefficient (Wildman–Crippen LogP) is 2.68. The summed E-state index contributed by atoms with van der Waals surface area (Å²) in [6, 6.07) is 5.51. The molecule has 0 spiro atoms. The highest BCUT2D eigenvalue weighted by Crippen LogP contribution is 2.28. The SMILES string of the molecule is CCCc1nnc(NC(=O)[C@H]2CCCN2S(=O)(=O)c2ccc(OCC)cc2)s1. The minimum absolute atomic E-state index is 0.150. The van der Waals surface area contributed by atoms with E-state index in [4.69, 9.17) is 4.74 Å². The van der Waals surface area contributed by atoms with Crippen LogP contribution >= 0.6 is 11.3 Å². The van der Waals surface area contributed by atoms with E-state index in [1.807, 2.05) is 13.8 Å². The van der Waals surface area contributed by atoms with Gasteiger partial charge in [0.2, 0.25) is 21.1 Å². The highest BCUT2D eigenvalue weighted by atomic mass is 32.2. The molecule has 1 aromatic heterocycles. The van der Waals surface area contributed by atoms with Gasteiger partial charge in [-0.15, -0.1) is 10.2 Å². The minimum atomic E-state index is -3.78. The number of rotatable bonds is 8. The fourth-order valence-electron chi connectivity index (χ4n) is 3.11. The molecule has 1 aliphatic rings. The van der Waals surface area contributed by atoms with E-state index in [0.29, 0.717) is 36.9 Å². The number of nitrogens with zero attached hydrogens (tertiary/aromatic N) is 3. The molecule has 8 nitrogen and oxygen atoms in total. The van der Waals surface area contributed by atoms with Crippen molar-refractivity contribution in [2.24, 2.45) is 0 Å². The van der Waals surface area contributed by atoms with Crippen LogP contribution in [0.2, 0.25) is 0 Å². The van der Waals surface area contributed by atoms with Crippen molar-refractivity contribution in [3.05, 3.63) is 29.3 Å². The van der Waals surface area contributed by atoms with Gasteiger partial charge in [-0.1, -0.05) is 18.3 Å². The summed E-state index contributed by atoms with van der Waals surface area (Å²) in [4.78, 5) is 12.9. The number of hydrogen-bond donors (Lipinski definition) is 1. The number of carbonyl (C=O) groups is 1. The van der Waals surface area contributed by atoms with Crippen LogP contribution in [0.25, 0.3) is 0 Å². The van der Waals surface area contributed by atoms with E-state index in [1.165, 1.54) is 27.8 Å². The zero-order valence-electron chi connectivity index (χ0n) is 15.9. The molecule has 2 heterocycles. The number of carbonyl (C=O) groups excluding carboxylic acids is 1. The number of hydrogen-bond acceptors (Lipinski definition) is 7. The highest BCUT2D eigenvalue weighted by Gasteiger charge is 2.39. The Morgan fingerprint density at radius 2 is 2.04 bits per heavy atom. The summed E-state index contributed by atoms with van der Waals surface area (Å²) >= 11 is 1.32. The Morgan fingerprint density at radius 1 is 1.29 bits per heavy atom. The normalized spacial score (nSPS) is 17.6. The van der Waals surface area contributed by atoms with Crippen LogP contribution in [0.15, 0.2) is 29.2 Å². The van der Waals surface area contributed by atoms with Crippen LogP contribution in [0, 0.1) is 0 Å². The first-order valence-corrected chi connectivity index (χ1v) is 11.6. The van der Waals surface area contributed by atoms with Gasteiger partial charge >= 0.3 is 0 Å². The van der Waals surface area contributed by atoms with E-state index in [9.17, 15) is 13.2 Å². The van der Waals surface area contributed by atoms with E-state index < -0.39 is 16.1 Å². The molecule has 3 rings (SSSR count). The first-order valence-electron chi connectivity index (χ1n) is 9.33. The third-order valence-electron chi connectivity index (χ3n) is 4.41. The Balaban J connectivity index is 1.74. The first kappa shape index (κ1) is 20.7. The molecule has 1 aromatic carbocycles. The van der Waals surface area contributed by atoms with Gasteiger partial charge in [-0.25, -0.2) is 8.42 Å². The number of nitrogens with one attached hydrogen (secondary N) is 1. The van der Waals surface area contributed by atoms with Crippen molar-refractivity contribution in [1.82, 2.24) is 14.5 Å². The predicted molar refractivity (Wildman–Crippen MR) is 107 cm³/mol. The lowest BCUT2D eigenvalue weighted by molar-refractivity contribution is -0.119. The van der Waals surface area contributed by atoms with Crippen LogP contribution in [0.5, 0.6) is 5.75 Å². The molecule has 2 aromatic rings. The van der Waals surface area contributed by atoms with Crippen LogP contribution in [0.3, 0.4) is 0 Å². The number of ether oxygens (including phenoxy) is 1.